The Morgan fingerprint density at radius 2 is 1.95 bits per heavy atom. The monoisotopic (exact) mass is 271 g/mol. The first-order valence-electron chi connectivity index (χ1n) is 5.71. The summed E-state index contributed by atoms with van der Waals surface area (Å²) in [5.74, 6) is -4.06. The van der Waals surface area contributed by atoms with E-state index in [2.05, 4.69) is 5.32 Å². The Labute approximate surface area is 109 Å². The Hall–Kier alpha value is -1.98. The first-order valence-corrected chi connectivity index (χ1v) is 5.71. The highest BCUT2D eigenvalue weighted by Gasteiger charge is 2.26. The predicted molar refractivity (Wildman–Crippen MR) is 64.7 cm³/mol. The van der Waals surface area contributed by atoms with Crippen molar-refractivity contribution in [2.45, 2.75) is 20.3 Å². The van der Waals surface area contributed by atoms with Crippen LogP contribution in [-0.4, -0.2) is 23.5 Å². The zero-order valence-corrected chi connectivity index (χ0v) is 10.7. The molecule has 4 nitrogen and oxygen atoms in total. The van der Waals surface area contributed by atoms with Gasteiger partial charge in [-0.3, -0.25) is 9.59 Å². The summed E-state index contributed by atoms with van der Waals surface area (Å²) in [4.78, 5) is 22.5. The molecule has 0 aliphatic rings. The van der Waals surface area contributed by atoms with E-state index in [4.69, 9.17) is 5.11 Å². The molecule has 0 bridgehead atoms. The molecule has 0 heterocycles. The normalized spacial score (nSPS) is 11.2. The van der Waals surface area contributed by atoms with Crippen LogP contribution in [0.3, 0.4) is 0 Å². The van der Waals surface area contributed by atoms with Crippen molar-refractivity contribution in [1.82, 2.24) is 5.32 Å². The maximum atomic E-state index is 13.3. The molecule has 0 aromatic heterocycles. The maximum absolute atomic E-state index is 13.3. The third kappa shape index (κ3) is 3.74. The molecule has 6 heteroatoms. The highest BCUT2D eigenvalue weighted by molar-refractivity contribution is 5.94. The Morgan fingerprint density at radius 3 is 2.53 bits per heavy atom. The first kappa shape index (κ1) is 15.1. The molecule has 2 N–H and O–H groups in total. The number of carbonyl (C=O) groups excluding carboxylic acids is 1. The van der Waals surface area contributed by atoms with Gasteiger partial charge in [0.2, 0.25) is 0 Å². The summed E-state index contributed by atoms with van der Waals surface area (Å²) in [6.07, 6.45) is 0.186. The van der Waals surface area contributed by atoms with E-state index in [1.165, 1.54) is 19.9 Å². The number of hydrogen-bond acceptors (Lipinski definition) is 2. The van der Waals surface area contributed by atoms with Crippen molar-refractivity contribution >= 4 is 11.9 Å². The fraction of sp³-hybridized carbons (Fsp3) is 0.385. The molecular formula is C13H15F2NO3. The maximum Gasteiger partial charge on any atom is 0.309 e. The highest BCUT2D eigenvalue weighted by Crippen LogP contribution is 2.19. The van der Waals surface area contributed by atoms with Crippen molar-refractivity contribution in [3.05, 3.63) is 35.4 Å². The van der Waals surface area contributed by atoms with Gasteiger partial charge < -0.3 is 10.4 Å². The van der Waals surface area contributed by atoms with Gasteiger partial charge in [-0.2, -0.15) is 0 Å². The fourth-order valence-electron chi connectivity index (χ4n) is 1.37. The molecule has 0 unspecified atom stereocenters. The quantitative estimate of drug-likeness (QED) is 0.862. The number of carboxylic acids is 1. The number of nitrogens with one attached hydrogen (secondary N) is 1. The molecule has 0 radical (unpaired) electrons. The van der Waals surface area contributed by atoms with Crippen molar-refractivity contribution in [2.24, 2.45) is 5.41 Å². The molecule has 0 saturated heterocycles. The van der Waals surface area contributed by atoms with Gasteiger partial charge in [-0.15, -0.1) is 0 Å². The second-order valence-corrected chi connectivity index (χ2v) is 4.80. The number of hydrogen-bond donors (Lipinski definition) is 2. The number of halogens is 2. The lowest BCUT2D eigenvalue weighted by molar-refractivity contribution is -0.147. The number of carbonyl (C=O) groups is 2. The van der Waals surface area contributed by atoms with Gasteiger partial charge in [0.25, 0.3) is 5.91 Å². The van der Waals surface area contributed by atoms with Crippen LogP contribution >= 0.6 is 0 Å². The largest absolute Gasteiger partial charge is 0.481 e. The number of carboxylic acid groups (broad SMARTS) is 1. The predicted octanol–water partition coefficient (Wildman–Crippen LogP) is 2.20. The van der Waals surface area contributed by atoms with Crippen molar-refractivity contribution in [3.63, 3.8) is 0 Å². The number of rotatable bonds is 5. The summed E-state index contributed by atoms with van der Waals surface area (Å²) in [7, 11) is 0. The van der Waals surface area contributed by atoms with E-state index in [0.717, 1.165) is 12.1 Å². The minimum Gasteiger partial charge on any atom is -0.481 e. The lowest BCUT2D eigenvalue weighted by Crippen LogP contribution is -2.32. The highest BCUT2D eigenvalue weighted by atomic mass is 19.2. The van der Waals surface area contributed by atoms with Gasteiger partial charge in [0.15, 0.2) is 11.6 Å². The van der Waals surface area contributed by atoms with Crippen LogP contribution in [0.2, 0.25) is 0 Å². The van der Waals surface area contributed by atoms with Crippen molar-refractivity contribution in [3.8, 4) is 0 Å². The van der Waals surface area contributed by atoms with Crippen LogP contribution in [0.4, 0.5) is 8.78 Å². The van der Waals surface area contributed by atoms with Gasteiger partial charge in [-0.1, -0.05) is 6.07 Å². The molecule has 1 aromatic carbocycles. The Balaban J connectivity index is 2.62. The molecular weight excluding hydrogens is 256 g/mol. The van der Waals surface area contributed by atoms with E-state index < -0.39 is 34.5 Å². The Kier molecular flexibility index (Phi) is 4.58. The van der Waals surface area contributed by atoms with Gasteiger partial charge in [0.1, 0.15) is 0 Å². The lowest BCUT2D eigenvalue weighted by atomic mass is 9.90. The second-order valence-electron chi connectivity index (χ2n) is 4.80. The van der Waals surface area contributed by atoms with Gasteiger partial charge in [-0.05, 0) is 32.4 Å². The summed E-state index contributed by atoms with van der Waals surface area (Å²) in [5.41, 5.74) is -1.39. The van der Waals surface area contributed by atoms with Crippen molar-refractivity contribution in [2.75, 3.05) is 6.54 Å². The molecule has 0 aliphatic carbocycles. The van der Waals surface area contributed by atoms with Crippen LogP contribution in [-0.2, 0) is 4.79 Å². The summed E-state index contributed by atoms with van der Waals surface area (Å²) in [6, 6.07) is 3.31. The van der Waals surface area contributed by atoms with E-state index >= 15 is 0 Å². The summed E-state index contributed by atoms with van der Waals surface area (Å²) >= 11 is 0. The first-order chi connectivity index (χ1) is 8.75. The van der Waals surface area contributed by atoms with E-state index in [-0.39, 0.29) is 13.0 Å². The molecule has 1 aromatic rings. The molecule has 0 atom stereocenters. The zero-order chi connectivity index (χ0) is 14.6. The number of benzene rings is 1. The molecule has 104 valence electrons. The lowest BCUT2D eigenvalue weighted by Gasteiger charge is -2.18. The van der Waals surface area contributed by atoms with E-state index in [9.17, 15) is 18.4 Å². The van der Waals surface area contributed by atoms with Gasteiger partial charge >= 0.3 is 5.97 Å². The number of amides is 1. The topological polar surface area (TPSA) is 66.4 Å². The minimum atomic E-state index is -1.21. The second kappa shape index (κ2) is 5.77. The molecule has 19 heavy (non-hydrogen) atoms. The van der Waals surface area contributed by atoms with Crippen LogP contribution in [0.1, 0.15) is 30.6 Å². The van der Waals surface area contributed by atoms with Crippen molar-refractivity contribution in [1.29, 1.82) is 0 Å². The number of aliphatic carboxylic acids is 1. The summed E-state index contributed by atoms with van der Waals surface area (Å²) in [5, 5.41) is 11.3. The van der Waals surface area contributed by atoms with Crippen LogP contribution in [0.15, 0.2) is 18.2 Å². The smallest absolute Gasteiger partial charge is 0.309 e. The van der Waals surface area contributed by atoms with Crippen molar-refractivity contribution < 1.29 is 23.5 Å². The average molecular weight is 271 g/mol. The zero-order valence-electron chi connectivity index (χ0n) is 10.7. The van der Waals surface area contributed by atoms with Crippen LogP contribution < -0.4 is 5.32 Å². The molecule has 1 amide bonds. The van der Waals surface area contributed by atoms with Gasteiger partial charge in [0, 0.05) is 6.54 Å². The standard InChI is InChI=1S/C13H15F2NO3/c1-13(2,12(18)19)6-7-16-11(17)8-4-3-5-9(14)10(8)15/h3-5H,6-7H2,1-2H3,(H,16,17)(H,18,19). The summed E-state index contributed by atoms with van der Waals surface area (Å²) in [6.45, 7) is 3.10. The van der Waals surface area contributed by atoms with E-state index in [0.29, 0.717) is 0 Å². The SMILES string of the molecule is CC(C)(CCNC(=O)c1cccc(F)c1F)C(=O)O. The van der Waals surface area contributed by atoms with E-state index in [1.807, 2.05) is 0 Å². The Bertz CT molecular complexity index is 501. The Morgan fingerprint density at radius 1 is 1.32 bits per heavy atom. The summed E-state index contributed by atoms with van der Waals surface area (Å²) < 4.78 is 26.2. The molecule has 0 spiro atoms. The third-order valence-electron chi connectivity index (χ3n) is 2.81. The fourth-order valence-corrected chi connectivity index (χ4v) is 1.37. The van der Waals surface area contributed by atoms with Crippen LogP contribution in [0.25, 0.3) is 0 Å². The van der Waals surface area contributed by atoms with Gasteiger partial charge in [-0.25, -0.2) is 8.78 Å². The van der Waals surface area contributed by atoms with Gasteiger partial charge in [0.05, 0.1) is 11.0 Å². The van der Waals surface area contributed by atoms with Crippen LogP contribution in [0.5, 0.6) is 0 Å². The molecule has 0 saturated carbocycles. The molecule has 0 fully saturated rings. The van der Waals surface area contributed by atoms with Crippen LogP contribution in [0, 0.1) is 17.0 Å². The molecule has 1 rings (SSSR count). The third-order valence-corrected chi connectivity index (χ3v) is 2.81. The minimum absolute atomic E-state index is 0.0636. The molecule has 0 aliphatic heterocycles. The average Bonchev–Trinajstić information content (AvgIpc) is 2.32. The van der Waals surface area contributed by atoms with E-state index in [1.54, 1.807) is 0 Å².